The lowest BCUT2D eigenvalue weighted by Gasteiger charge is -2.35. The van der Waals surface area contributed by atoms with Crippen LogP contribution in [0.2, 0.25) is 0 Å². The molecule has 0 radical (unpaired) electrons. The highest BCUT2D eigenvalue weighted by Crippen LogP contribution is 2.49. The summed E-state index contributed by atoms with van der Waals surface area (Å²) >= 11 is 6.34. The van der Waals surface area contributed by atoms with Crippen molar-refractivity contribution in [3.63, 3.8) is 0 Å². The minimum Gasteiger partial charge on any atom is -0.507 e. The van der Waals surface area contributed by atoms with E-state index in [0.717, 1.165) is 30.6 Å². The van der Waals surface area contributed by atoms with Crippen LogP contribution in [0.25, 0.3) is 10.8 Å². The van der Waals surface area contributed by atoms with Gasteiger partial charge in [-0.15, -0.1) is 11.6 Å². The van der Waals surface area contributed by atoms with Gasteiger partial charge in [0.25, 0.3) is 0 Å². The molecule has 23 heavy (non-hydrogen) atoms. The molecule has 3 nitrogen and oxygen atoms in total. The molecule has 2 aliphatic rings. The topological polar surface area (TPSA) is 35.5 Å². The zero-order valence-corrected chi connectivity index (χ0v) is 14.7. The van der Waals surface area contributed by atoms with E-state index in [1.54, 1.807) is 0 Å². The van der Waals surface area contributed by atoms with Crippen LogP contribution in [0, 0.1) is 0 Å². The minimum absolute atomic E-state index is 0.00583. The molecule has 2 N–H and O–H groups in total. The molecular formula is C19H23ClN2O. The van der Waals surface area contributed by atoms with E-state index in [4.69, 9.17) is 11.6 Å². The first kappa shape index (κ1) is 14.9. The standard InChI is InChI=1S/C19H23ClN2O/c1-19(2,3)22-10-11(9-20)17-15(22)8-16(23)13-4-5-14-12(18(13)17)6-7-21-14/h4-5,8,11,21,23H,6-7,9-10H2,1-3H3/t11-/m1/s1. The van der Waals surface area contributed by atoms with E-state index in [9.17, 15) is 5.11 Å². The number of benzene rings is 2. The van der Waals surface area contributed by atoms with Gasteiger partial charge in [-0.05, 0) is 55.8 Å². The first-order valence-corrected chi connectivity index (χ1v) is 8.84. The van der Waals surface area contributed by atoms with Crippen LogP contribution in [0.4, 0.5) is 11.4 Å². The van der Waals surface area contributed by atoms with Gasteiger partial charge in [0.15, 0.2) is 0 Å². The largest absolute Gasteiger partial charge is 0.507 e. The van der Waals surface area contributed by atoms with Crippen LogP contribution in [0.3, 0.4) is 0 Å². The van der Waals surface area contributed by atoms with Crippen molar-refractivity contribution in [3.8, 4) is 5.75 Å². The van der Waals surface area contributed by atoms with Crippen LogP contribution in [-0.2, 0) is 6.42 Å². The van der Waals surface area contributed by atoms with Crippen molar-refractivity contribution in [1.29, 1.82) is 0 Å². The predicted octanol–water partition coefficient (Wildman–Crippen LogP) is 4.45. The fourth-order valence-corrected chi connectivity index (χ4v) is 4.39. The van der Waals surface area contributed by atoms with Crippen LogP contribution in [0.1, 0.15) is 37.8 Å². The SMILES string of the molecule is CC(C)(C)N1C[C@@H](CCl)c2c1cc(O)c1ccc3c(c21)CCN3. The smallest absolute Gasteiger partial charge is 0.125 e. The number of nitrogens with zero attached hydrogens (tertiary/aromatic N) is 1. The molecule has 1 atom stereocenters. The number of fused-ring (bicyclic) bond motifs is 5. The Morgan fingerprint density at radius 3 is 2.83 bits per heavy atom. The Bertz CT molecular complexity index is 794. The number of rotatable bonds is 1. The van der Waals surface area contributed by atoms with Gasteiger partial charge in [0.1, 0.15) is 5.75 Å². The Morgan fingerprint density at radius 1 is 1.35 bits per heavy atom. The van der Waals surface area contributed by atoms with Gasteiger partial charge < -0.3 is 15.3 Å². The van der Waals surface area contributed by atoms with Gasteiger partial charge in [0.05, 0.1) is 0 Å². The Balaban J connectivity index is 2.08. The summed E-state index contributed by atoms with van der Waals surface area (Å²) in [5, 5.41) is 16.3. The van der Waals surface area contributed by atoms with Crippen LogP contribution in [-0.4, -0.2) is 29.6 Å². The van der Waals surface area contributed by atoms with Gasteiger partial charge in [0, 0.05) is 53.3 Å². The fourth-order valence-electron chi connectivity index (χ4n) is 4.14. The van der Waals surface area contributed by atoms with E-state index in [0.29, 0.717) is 17.5 Å². The summed E-state index contributed by atoms with van der Waals surface area (Å²) in [6, 6.07) is 6.06. The number of alkyl halides is 1. The molecule has 2 aromatic rings. The maximum absolute atomic E-state index is 10.6. The number of aromatic hydroxyl groups is 1. The highest BCUT2D eigenvalue weighted by Gasteiger charge is 2.37. The number of hydrogen-bond acceptors (Lipinski definition) is 3. The fraction of sp³-hybridized carbons (Fsp3) is 0.474. The first-order valence-electron chi connectivity index (χ1n) is 8.30. The van der Waals surface area contributed by atoms with Crippen molar-refractivity contribution in [1.82, 2.24) is 0 Å². The van der Waals surface area contributed by atoms with Gasteiger partial charge in [-0.3, -0.25) is 0 Å². The molecule has 122 valence electrons. The zero-order chi connectivity index (χ0) is 16.4. The lowest BCUT2D eigenvalue weighted by molar-refractivity contribution is 0.479. The molecule has 0 aliphatic carbocycles. The highest BCUT2D eigenvalue weighted by atomic mass is 35.5. The van der Waals surface area contributed by atoms with Crippen LogP contribution in [0.5, 0.6) is 5.75 Å². The van der Waals surface area contributed by atoms with Crippen molar-refractivity contribution in [2.45, 2.75) is 38.6 Å². The maximum atomic E-state index is 10.6. The normalized spacial score (nSPS) is 19.8. The molecule has 2 aromatic carbocycles. The zero-order valence-electron chi connectivity index (χ0n) is 13.9. The maximum Gasteiger partial charge on any atom is 0.125 e. The van der Waals surface area contributed by atoms with Gasteiger partial charge in [-0.1, -0.05) is 0 Å². The number of hydrogen-bond donors (Lipinski definition) is 2. The second-order valence-corrected chi connectivity index (χ2v) is 7.96. The monoisotopic (exact) mass is 330 g/mol. The molecule has 0 saturated carbocycles. The van der Waals surface area contributed by atoms with Gasteiger partial charge in [-0.25, -0.2) is 0 Å². The molecular weight excluding hydrogens is 308 g/mol. The third-order valence-corrected chi connectivity index (χ3v) is 5.57. The Labute approximate surface area is 142 Å². The lowest BCUT2D eigenvalue weighted by atomic mass is 9.91. The van der Waals surface area contributed by atoms with Crippen molar-refractivity contribution in [2.24, 2.45) is 0 Å². The molecule has 2 heterocycles. The summed E-state index contributed by atoms with van der Waals surface area (Å²) in [5.74, 6) is 1.29. The number of nitrogens with one attached hydrogen (secondary N) is 1. The van der Waals surface area contributed by atoms with E-state index in [1.807, 2.05) is 12.1 Å². The predicted molar refractivity (Wildman–Crippen MR) is 98.4 cm³/mol. The number of anilines is 2. The van der Waals surface area contributed by atoms with Crippen molar-refractivity contribution >= 4 is 33.7 Å². The average molecular weight is 331 g/mol. The van der Waals surface area contributed by atoms with Gasteiger partial charge >= 0.3 is 0 Å². The second kappa shape index (κ2) is 4.94. The van der Waals surface area contributed by atoms with E-state index < -0.39 is 0 Å². The summed E-state index contributed by atoms with van der Waals surface area (Å²) in [7, 11) is 0. The Morgan fingerprint density at radius 2 is 2.13 bits per heavy atom. The number of phenolic OH excluding ortho intramolecular Hbond substituents is 1. The van der Waals surface area contributed by atoms with E-state index >= 15 is 0 Å². The summed E-state index contributed by atoms with van der Waals surface area (Å²) < 4.78 is 0. The minimum atomic E-state index is 0.00583. The number of phenols is 1. The Kier molecular flexibility index (Phi) is 3.21. The van der Waals surface area contributed by atoms with E-state index in [-0.39, 0.29) is 5.54 Å². The second-order valence-electron chi connectivity index (χ2n) is 7.65. The molecule has 0 saturated heterocycles. The van der Waals surface area contributed by atoms with Gasteiger partial charge in [-0.2, -0.15) is 0 Å². The molecule has 0 fully saturated rings. The molecule has 2 aliphatic heterocycles. The number of halogens is 1. The van der Waals surface area contributed by atoms with Crippen LogP contribution in [0.15, 0.2) is 18.2 Å². The third kappa shape index (κ3) is 2.09. The van der Waals surface area contributed by atoms with Crippen molar-refractivity contribution in [2.75, 3.05) is 29.2 Å². The molecule has 0 aromatic heterocycles. The molecule has 0 amide bonds. The van der Waals surface area contributed by atoms with E-state index in [1.165, 1.54) is 22.2 Å². The quantitative estimate of drug-likeness (QED) is 0.758. The van der Waals surface area contributed by atoms with Gasteiger partial charge in [0.2, 0.25) is 0 Å². The molecule has 0 bridgehead atoms. The van der Waals surface area contributed by atoms with Crippen molar-refractivity contribution in [3.05, 3.63) is 29.3 Å². The first-order chi connectivity index (χ1) is 10.9. The summed E-state index contributed by atoms with van der Waals surface area (Å²) in [5.41, 5.74) is 5.01. The average Bonchev–Trinajstić information content (AvgIpc) is 3.09. The van der Waals surface area contributed by atoms with Crippen molar-refractivity contribution < 1.29 is 5.11 Å². The molecule has 0 unspecified atom stereocenters. The summed E-state index contributed by atoms with van der Waals surface area (Å²) in [6.45, 7) is 8.52. The third-order valence-electron chi connectivity index (χ3n) is 5.20. The van der Waals surface area contributed by atoms with Crippen LogP contribution >= 0.6 is 11.6 Å². The lowest BCUT2D eigenvalue weighted by Crippen LogP contribution is -2.40. The molecule has 4 rings (SSSR count). The van der Waals surface area contributed by atoms with Crippen LogP contribution < -0.4 is 10.2 Å². The molecule has 0 spiro atoms. The van der Waals surface area contributed by atoms with E-state index in [2.05, 4.69) is 37.1 Å². The molecule has 4 heteroatoms. The highest BCUT2D eigenvalue weighted by molar-refractivity contribution is 6.19. The summed E-state index contributed by atoms with van der Waals surface area (Å²) in [4.78, 5) is 2.39. The summed E-state index contributed by atoms with van der Waals surface area (Å²) in [6.07, 6.45) is 1.01. The Hall–Kier alpha value is -1.61.